The molecule has 0 radical (unpaired) electrons. The maximum absolute atomic E-state index is 12.8. The highest BCUT2D eigenvalue weighted by Gasteiger charge is 2.29. The molecule has 6 aromatic rings. The van der Waals surface area contributed by atoms with E-state index in [0.29, 0.717) is 28.1 Å². The molecule has 0 atom stereocenters. The summed E-state index contributed by atoms with van der Waals surface area (Å²) in [5, 5.41) is 0.595. The summed E-state index contributed by atoms with van der Waals surface area (Å²) >= 11 is 6.03. The van der Waals surface area contributed by atoms with Gasteiger partial charge in [-0.2, -0.15) is 0 Å². The van der Waals surface area contributed by atoms with Crippen LogP contribution in [0.15, 0.2) is 101 Å². The van der Waals surface area contributed by atoms with Gasteiger partial charge in [0.05, 0.1) is 11.7 Å². The van der Waals surface area contributed by atoms with Crippen LogP contribution in [0.4, 0.5) is 0 Å². The Labute approximate surface area is 240 Å². The number of rotatable bonds is 4. The van der Waals surface area contributed by atoms with E-state index in [-0.39, 0.29) is 17.2 Å². The summed E-state index contributed by atoms with van der Waals surface area (Å²) in [6, 6.07) is 23.0. The third kappa shape index (κ3) is 4.91. The lowest BCUT2D eigenvalue weighted by Crippen LogP contribution is -2.23. The molecule has 4 aromatic heterocycles. The molecule has 2 fully saturated rings. The van der Waals surface area contributed by atoms with Gasteiger partial charge in [0.2, 0.25) is 0 Å². The van der Waals surface area contributed by atoms with Crippen molar-refractivity contribution in [3.8, 4) is 22.5 Å². The van der Waals surface area contributed by atoms with Crippen LogP contribution >= 0.6 is 11.6 Å². The van der Waals surface area contributed by atoms with Crippen molar-refractivity contribution in [2.45, 2.75) is 37.8 Å². The lowest BCUT2D eigenvalue weighted by molar-refractivity contribution is 0.726. The molecule has 2 aliphatic rings. The van der Waals surface area contributed by atoms with Gasteiger partial charge in [-0.05, 0) is 56.0 Å². The maximum Gasteiger partial charge on any atom is 0.278 e. The third-order valence-corrected chi connectivity index (χ3v) is 7.54. The third-order valence-electron chi connectivity index (χ3n) is 7.31. The first kappa shape index (κ1) is 25.3. The number of pyridine rings is 2. The van der Waals surface area contributed by atoms with Crippen LogP contribution in [0.25, 0.3) is 44.7 Å². The van der Waals surface area contributed by atoms with Crippen LogP contribution in [0, 0.1) is 0 Å². The molecule has 0 amide bonds. The number of benzene rings is 2. The summed E-state index contributed by atoms with van der Waals surface area (Å²) in [6.07, 6.45) is 9.30. The second-order valence-corrected chi connectivity index (χ2v) is 10.8. The number of hydrogen-bond acceptors (Lipinski definition) is 6. The van der Waals surface area contributed by atoms with Crippen molar-refractivity contribution < 1.29 is 0 Å². The van der Waals surface area contributed by atoms with Crippen LogP contribution in [0.2, 0.25) is 5.02 Å². The molecule has 4 heterocycles. The summed E-state index contributed by atoms with van der Waals surface area (Å²) in [5.74, 6) is 0. The molecule has 2 aliphatic carbocycles. The van der Waals surface area contributed by atoms with Crippen LogP contribution in [-0.4, -0.2) is 29.1 Å². The average Bonchev–Trinajstić information content (AvgIpc) is 3.93. The van der Waals surface area contributed by atoms with Gasteiger partial charge in [-0.3, -0.25) is 19.1 Å². The molecular weight excluding hydrogens is 536 g/mol. The van der Waals surface area contributed by atoms with Crippen LogP contribution in [0.5, 0.6) is 0 Å². The summed E-state index contributed by atoms with van der Waals surface area (Å²) in [5.41, 5.74) is 5.51. The fourth-order valence-corrected chi connectivity index (χ4v) is 5.27. The quantitative estimate of drug-likeness (QED) is 0.253. The van der Waals surface area contributed by atoms with Gasteiger partial charge in [-0.25, -0.2) is 15.0 Å². The van der Waals surface area contributed by atoms with Gasteiger partial charge >= 0.3 is 0 Å². The van der Waals surface area contributed by atoms with Crippen molar-refractivity contribution in [1.29, 1.82) is 0 Å². The van der Waals surface area contributed by atoms with Gasteiger partial charge in [-0.1, -0.05) is 54.1 Å². The van der Waals surface area contributed by atoms with Crippen molar-refractivity contribution in [3.63, 3.8) is 0 Å². The smallest absolute Gasteiger partial charge is 0.278 e. The topological polar surface area (TPSA) is 95.6 Å². The van der Waals surface area contributed by atoms with Crippen LogP contribution < -0.4 is 11.1 Å². The number of halogens is 1. The van der Waals surface area contributed by atoms with E-state index >= 15 is 0 Å². The van der Waals surface area contributed by atoms with E-state index in [1.807, 2.05) is 65.2 Å². The highest BCUT2D eigenvalue weighted by molar-refractivity contribution is 6.30. The molecule has 8 rings (SSSR count). The Morgan fingerprint density at radius 1 is 0.683 bits per heavy atom. The van der Waals surface area contributed by atoms with Crippen molar-refractivity contribution in [2.75, 3.05) is 0 Å². The predicted molar refractivity (Wildman–Crippen MR) is 160 cm³/mol. The fourth-order valence-electron chi connectivity index (χ4n) is 5.07. The van der Waals surface area contributed by atoms with Gasteiger partial charge < -0.3 is 4.57 Å². The largest absolute Gasteiger partial charge is 0.302 e. The Morgan fingerprint density at radius 2 is 1.37 bits per heavy atom. The standard InChI is InChI=1S/C16H12ClN3O.C16H13N3O/c17-11-4-1-3-10(9-11)14-16(21)20(12-6-7-12)15-13(19-14)5-2-8-18-15;20-16-15(11-4-2-1-3-5-11)18-13-10-17-9-8-14(13)19(16)12-6-7-12/h1-5,8-9,12H,6-7H2;1-5,8-10,12H,6-7H2. The molecular formula is C32H25ClN6O2. The first-order valence-electron chi connectivity index (χ1n) is 13.6. The SMILES string of the molecule is O=c1c(-c2cccc(Cl)c2)nc2cccnc2n1C1CC1.O=c1c(-c2ccccc2)nc2cnccc2n1C1CC1. The van der Waals surface area contributed by atoms with E-state index in [1.54, 1.807) is 35.3 Å². The van der Waals surface area contributed by atoms with Crippen molar-refractivity contribution in [1.82, 2.24) is 29.1 Å². The molecule has 0 bridgehead atoms. The Kier molecular flexibility index (Phi) is 6.40. The molecule has 2 aromatic carbocycles. The van der Waals surface area contributed by atoms with Gasteiger partial charge in [0.1, 0.15) is 22.4 Å². The van der Waals surface area contributed by atoms with Crippen LogP contribution in [0.3, 0.4) is 0 Å². The second-order valence-electron chi connectivity index (χ2n) is 10.3. The Balaban J connectivity index is 0.000000135. The minimum atomic E-state index is -0.0917. The Morgan fingerprint density at radius 3 is 2.12 bits per heavy atom. The minimum absolute atomic E-state index is 0.00241. The summed E-state index contributed by atoms with van der Waals surface area (Å²) < 4.78 is 3.66. The Hall–Kier alpha value is -4.69. The van der Waals surface area contributed by atoms with Crippen molar-refractivity contribution >= 4 is 33.8 Å². The molecule has 0 saturated heterocycles. The normalized spacial score (nSPS) is 14.6. The molecule has 202 valence electrons. The van der Waals surface area contributed by atoms with E-state index in [4.69, 9.17) is 11.6 Å². The monoisotopic (exact) mass is 560 g/mol. The van der Waals surface area contributed by atoms with Crippen LogP contribution in [-0.2, 0) is 0 Å². The summed E-state index contributed by atoms with van der Waals surface area (Å²) in [4.78, 5) is 43.0. The minimum Gasteiger partial charge on any atom is -0.302 e. The Bertz CT molecular complexity index is 2030. The zero-order valence-corrected chi connectivity index (χ0v) is 22.8. The van der Waals surface area contributed by atoms with Gasteiger partial charge in [0.15, 0.2) is 5.65 Å². The summed E-state index contributed by atoms with van der Waals surface area (Å²) in [6.45, 7) is 0. The van der Waals surface area contributed by atoms with Gasteiger partial charge in [-0.15, -0.1) is 0 Å². The zero-order valence-electron chi connectivity index (χ0n) is 22.0. The first-order chi connectivity index (χ1) is 20.1. The molecule has 8 nitrogen and oxygen atoms in total. The lowest BCUT2D eigenvalue weighted by Gasteiger charge is -2.11. The van der Waals surface area contributed by atoms with Gasteiger partial charge in [0, 0.05) is 40.6 Å². The van der Waals surface area contributed by atoms with E-state index in [9.17, 15) is 9.59 Å². The maximum atomic E-state index is 12.8. The van der Waals surface area contributed by atoms with E-state index in [1.165, 1.54) is 0 Å². The molecule has 41 heavy (non-hydrogen) atoms. The van der Waals surface area contributed by atoms with Crippen molar-refractivity contribution in [3.05, 3.63) is 117 Å². The zero-order chi connectivity index (χ0) is 27.9. The second kappa shape index (κ2) is 10.4. The molecule has 0 aliphatic heterocycles. The van der Waals surface area contributed by atoms with E-state index < -0.39 is 0 Å². The molecule has 2 saturated carbocycles. The summed E-state index contributed by atoms with van der Waals surface area (Å²) in [7, 11) is 0. The molecule has 0 N–H and O–H groups in total. The number of hydrogen-bond donors (Lipinski definition) is 0. The lowest BCUT2D eigenvalue weighted by atomic mass is 10.1. The molecule has 0 spiro atoms. The highest BCUT2D eigenvalue weighted by atomic mass is 35.5. The highest BCUT2D eigenvalue weighted by Crippen LogP contribution is 2.36. The van der Waals surface area contributed by atoms with E-state index in [0.717, 1.165) is 53.4 Å². The molecule has 9 heteroatoms. The van der Waals surface area contributed by atoms with E-state index in [2.05, 4.69) is 19.9 Å². The van der Waals surface area contributed by atoms with Crippen LogP contribution in [0.1, 0.15) is 37.8 Å². The molecule has 0 unspecified atom stereocenters. The fraction of sp³-hybridized carbons (Fsp3) is 0.188. The number of nitrogens with zero attached hydrogens (tertiary/aromatic N) is 6. The van der Waals surface area contributed by atoms with Crippen molar-refractivity contribution in [2.24, 2.45) is 0 Å². The predicted octanol–water partition coefficient (Wildman–Crippen LogP) is 6.24. The van der Waals surface area contributed by atoms with Gasteiger partial charge in [0.25, 0.3) is 11.1 Å². The number of aromatic nitrogens is 6. The number of fused-ring (bicyclic) bond motifs is 2. The first-order valence-corrected chi connectivity index (χ1v) is 14.0. The average molecular weight is 561 g/mol.